The fourth-order valence-corrected chi connectivity index (χ4v) is 1.26. The third-order valence-corrected chi connectivity index (χ3v) is 1.87. The second-order valence-corrected chi connectivity index (χ2v) is 2.90. The first kappa shape index (κ1) is 10.7. The van der Waals surface area contributed by atoms with Crippen molar-refractivity contribution >= 4 is 11.0 Å². The smallest absolute Gasteiger partial charge is 0.141 e. The largest absolute Gasteiger partial charge is 0.343 e. The van der Waals surface area contributed by atoms with E-state index in [1.54, 1.807) is 0 Å². The Morgan fingerprint density at radius 3 is 2.71 bits per heavy atom. The lowest BCUT2D eigenvalue weighted by molar-refractivity contribution is 0.955. The fraction of sp³-hybridized carbons (Fsp3) is 0.455. The van der Waals surface area contributed by atoms with E-state index in [2.05, 4.69) is 27.9 Å². The summed E-state index contributed by atoms with van der Waals surface area (Å²) in [4.78, 5) is 11.7. The van der Waals surface area contributed by atoms with E-state index in [-0.39, 0.29) is 0 Å². The summed E-state index contributed by atoms with van der Waals surface area (Å²) >= 11 is 0. The number of nitrogens with zero attached hydrogens (tertiary/aromatic N) is 2. The highest BCUT2D eigenvalue weighted by Crippen LogP contribution is 2.11. The molecule has 2 rings (SSSR count). The van der Waals surface area contributed by atoms with Crippen LogP contribution >= 0.6 is 0 Å². The van der Waals surface area contributed by atoms with Gasteiger partial charge in [-0.2, -0.15) is 0 Å². The highest BCUT2D eigenvalue weighted by Gasteiger charge is 1.99. The van der Waals surface area contributed by atoms with Gasteiger partial charge in [0.2, 0.25) is 0 Å². The van der Waals surface area contributed by atoms with E-state index in [1.807, 2.05) is 27.0 Å². The van der Waals surface area contributed by atoms with Crippen molar-refractivity contribution in [2.24, 2.45) is 0 Å². The van der Waals surface area contributed by atoms with E-state index in [9.17, 15) is 0 Å². The first-order chi connectivity index (χ1) is 6.79. The molecule has 0 saturated heterocycles. The maximum absolute atomic E-state index is 4.35. The zero-order chi connectivity index (χ0) is 10.6. The maximum atomic E-state index is 4.35. The van der Waals surface area contributed by atoms with E-state index in [0.29, 0.717) is 0 Å². The predicted octanol–water partition coefficient (Wildman–Crippen LogP) is 2.85. The van der Waals surface area contributed by atoms with Gasteiger partial charge < -0.3 is 4.98 Å². The van der Waals surface area contributed by atoms with Gasteiger partial charge in [0.05, 0.1) is 0 Å². The second kappa shape index (κ2) is 4.74. The monoisotopic (exact) mass is 191 g/mol. The molecule has 0 unspecified atom stereocenters. The standard InChI is InChI=1S/C9H11N3.C2H6/c1-3-8-10-5-7-4-6(2)11-9(7)12-8;1-2/h4-5H,3H2,1-2H3,(H,10,11,12);1-2H3. The van der Waals surface area contributed by atoms with Crippen molar-refractivity contribution in [2.45, 2.75) is 34.1 Å². The van der Waals surface area contributed by atoms with Crippen molar-refractivity contribution in [1.29, 1.82) is 0 Å². The van der Waals surface area contributed by atoms with Gasteiger partial charge in [-0.3, -0.25) is 0 Å². The lowest BCUT2D eigenvalue weighted by atomic mass is 10.3. The van der Waals surface area contributed by atoms with Crippen molar-refractivity contribution in [3.8, 4) is 0 Å². The van der Waals surface area contributed by atoms with Crippen LogP contribution in [-0.2, 0) is 6.42 Å². The molecule has 2 heterocycles. The van der Waals surface area contributed by atoms with E-state index < -0.39 is 0 Å². The molecule has 3 heteroatoms. The molecule has 0 atom stereocenters. The minimum absolute atomic E-state index is 0.883. The molecule has 0 bridgehead atoms. The van der Waals surface area contributed by atoms with Gasteiger partial charge in [0, 0.05) is 23.7 Å². The van der Waals surface area contributed by atoms with Gasteiger partial charge in [0.15, 0.2) is 0 Å². The van der Waals surface area contributed by atoms with Crippen LogP contribution in [0.1, 0.15) is 32.3 Å². The Hall–Kier alpha value is -1.38. The van der Waals surface area contributed by atoms with Crippen LogP contribution in [0.25, 0.3) is 11.0 Å². The Morgan fingerprint density at radius 1 is 1.36 bits per heavy atom. The summed E-state index contributed by atoms with van der Waals surface area (Å²) in [6.45, 7) is 8.07. The number of hydrogen-bond donors (Lipinski definition) is 1. The van der Waals surface area contributed by atoms with Gasteiger partial charge in [0.25, 0.3) is 0 Å². The molecule has 0 aliphatic rings. The molecule has 0 aliphatic heterocycles. The molecule has 0 amide bonds. The molecular weight excluding hydrogens is 174 g/mol. The molecule has 2 aromatic rings. The Labute approximate surface area is 84.6 Å². The number of rotatable bonds is 1. The zero-order valence-electron chi connectivity index (χ0n) is 9.26. The summed E-state index contributed by atoms with van der Waals surface area (Å²) in [5, 5.41) is 1.09. The molecule has 3 nitrogen and oxygen atoms in total. The number of hydrogen-bond acceptors (Lipinski definition) is 2. The van der Waals surface area contributed by atoms with E-state index in [1.165, 1.54) is 0 Å². The molecule has 0 aliphatic carbocycles. The van der Waals surface area contributed by atoms with E-state index >= 15 is 0 Å². The summed E-state index contributed by atoms with van der Waals surface area (Å²) in [6, 6.07) is 2.05. The normalized spacial score (nSPS) is 9.71. The number of H-pyrrole nitrogens is 1. The van der Waals surface area contributed by atoms with E-state index in [0.717, 1.165) is 29.0 Å². The molecule has 2 aromatic heterocycles. The number of nitrogens with one attached hydrogen (secondary N) is 1. The van der Waals surface area contributed by atoms with Crippen molar-refractivity contribution < 1.29 is 0 Å². The number of aromatic amines is 1. The maximum Gasteiger partial charge on any atom is 0.141 e. The van der Waals surface area contributed by atoms with Crippen molar-refractivity contribution in [3.63, 3.8) is 0 Å². The highest BCUT2D eigenvalue weighted by atomic mass is 14.9. The third-order valence-electron chi connectivity index (χ3n) is 1.87. The summed E-state index contributed by atoms with van der Waals surface area (Å²) in [5.41, 5.74) is 2.08. The molecule has 76 valence electrons. The van der Waals surface area contributed by atoms with Crippen LogP contribution in [0.2, 0.25) is 0 Å². The Morgan fingerprint density at radius 2 is 2.07 bits per heavy atom. The van der Waals surface area contributed by atoms with Gasteiger partial charge >= 0.3 is 0 Å². The van der Waals surface area contributed by atoms with Crippen molar-refractivity contribution in [1.82, 2.24) is 15.0 Å². The summed E-state index contributed by atoms with van der Waals surface area (Å²) in [7, 11) is 0. The predicted molar refractivity (Wildman–Crippen MR) is 59.4 cm³/mol. The lowest BCUT2D eigenvalue weighted by Crippen LogP contribution is -1.91. The Balaban J connectivity index is 0.000000461. The average Bonchev–Trinajstić information content (AvgIpc) is 2.59. The summed E-state index contributed by atoms with van der Waals surface area (Å²) in [5.74, 6) is 0.893. The minimum Gasteiger partial charge on any atom is -0.343 e. The number of fused-ring (bicyclic) bond motifs is 1. The molecule has 0 aromatic carbocycles. The zero-order valence-corrected chi connectivity index (χ0v) is 9.26. The molecular formula is C11H17N3. The fourth-order valence-electron chi connectivity index (χ4n) is 1.26. The molecule has 0 spiro atoms. The van der Waals surface area contributed by atoms with Crippen LogP contribution < -0.4 is 0 Å². The second-order valence-electron chi connectivity index (χ2n) is 2.90. The quantitative estimate of drug-likeness (QED) is 0.753. The third kappa shape index (κ3) is 2.10. The van der Waals surface area contributed by atoms with Crippen LogP contribution in [0.5, 0.6) is 0 Å². The topological polar surface area (TPSA) is 41.6 Å². The van der Waals surface area contributed by atoms with Gasteiger partial charge in [-0.1, -0.05) is 20.8 Å². The van der Waals surface area contributed by atoms with Crippen molar-refractivity contribution in [3.05, 3.63) is 23.8 Å². The van der Waals surface area contributed by atoms with Gasteiger partial charge in [-0.15, -0.1) is 0 Å². The van der Waals surface area contributed by atoms with Gasteiger partial charge in [0.1, 0.15) is 11.5 Å². The Kier molecular flexibility index (Phi) is 3.63. The van der Waals surface area contributed by atoms with Crippen LogP contribution in [0.15, 0.2) is 12.3 Å². The average molecular weight is 191 g/mol. The molecule has 14 heavy (non-hydrogen) atoms. The van der Waals surface area contributed by atoms with Crippen LogP contribution in [0, 0.1) is 6.92 Å². The SMILES string of the molecule is CC.CCc1ncc2cc(C)[nH]c2n1. The highest BCUT2D eigenvalue weighted by molar-refractivity contribution is 5.75. The number of aryl methyl sites for hydroxylation is 2. The van der Waals surface area contributed by atoms with Crippen LogP contribution in [-0.4, -0.2) is 15.0 Å². The molecule has 1 N–H and O–H groups in total. The molecule has 0 saturated carbocycles. The first-order valence-electron chi connectivity index (χ1n) is 5.11. The first-order valence-corrected chi connectivity index (χ1v) is 5.11. The lowest BCUT2D eigenvalue weighted by Gasteiger charge is -1.92. The molecule has 0 fully saturated rings. The van der Waals surface area contributed by atoms with Gasteiger partial charge in [-0.25, -0.2) is 9.97 Å². The number of aromatic nitrogens is 3. The molecule has 0 radical (unpaired) electrons. The van der Waals surface area contributed by atoms with E-state index in [4.69, 9.17) is 0 Å². The summed E-state index contributed by atoms with van der Waals surface area (Å²) in [6.07, 6.45) is 2.75. The van der Waals surface area contributed by atoms with Gasteiger partial charge in [-0.05, 0) is 13.0 Å². The van der Waals surface area contributed by atoms with Crippen LogP contribution in [0.4, 0.5) is 0 Å². The Bertz CT molecular complexity index is 404. The van der Waals surface area contributed by atoms with Crippen molar-refractivity contribution in [2.75, 3.05) is 0 Å². The minimum atomic E-state index is 0.883. The summed E-state index contributed by atoms with van der Waals surface area (Å²) < 4.78 is 0. The van der Waals surface area contributed by atoms with Crippen LogP contribution in [0.3, 0.4) is 0 Å².